The molecule has 1 aromatic carbocycles. The van der Waals surface area contributed by atoms with E-state index < -0.39 is 0 Å². The monoisotopic (exact) mass is 224 g/mol. The molecule has 0 spiro atoms. The number of hydrogen-bond acceptors (Lipinski definition) is 2. The lowest BCUT2D eigenvalue weighted by Crippen LogP contribution is -2.28. The first-order valence-corrected chi connectivity index (χ1v) is 5.86. The van der Waals surface area contributed by atoms with Crippen LogP contribution >= 0.6 is 11.6 Å². The van der Waals surface area contributed by atoms with Gasteiger partial charge in [-0.25, -0.2) is 0 Å². The SMILES string of the molecule is NCC(CNC1CC1)c1ccc(Cl)cc1. The van der Waals surface area contributed by atoms with Crippen molar-refractivity contribution in [1.82, 2.24) is 5.32 Å². The molecular weight excluding hydrogens is 208 g/mol. The Morgan fingerprint density at radius 3 is 2.53 bits per heavy atom. The average molecular weight is 225 g/mol. The summed E-state index contributed by atoms with van der Waals surface area (Å²) in [7, 11) is 0. The summed E-state index contributed by atoms with van der Waals surface area (Å²) in [6, 6.07) is 8.72. The van der Waals surface area contributed by atoms with Gasteiger partial charge in [-0.1, -0.05) is 23.7 Å². The van der Waals surface area contributed by atoms with Gasteiger partial charge >= 0.3 is 0 Å². The van der Waals surface area contributed by atoms with Gasteiger partial charge in [-0.3, -0.25) is 0 Å². The highest BCUT2D eigenvalue weighted by Gasteiger charge is 2.21. The van der Waals surface area contributed by atoms with Crippen molar-refractivity contribution in [2.24, 2.45) is 5.73 Å². The molecule has 2 nitrogen and oxygen atoms in total. The maximum absolute atomic E-state index is 5.85. The number of rotatable bonds is 5. The van der Waals surface area contributed by atoms with Crippen LogP contribution in [0.5, 0.6) is 0 Å². The fourth-order valence-corrected chi connectivity index (χ4v) is 1.79. The average Bonchev–Trinajstić information content (AvgIpc) is 3.05. The highest BCUT2D eigenvalue weighted by atomic mass is 35.5. The molecule has 0 saturated heterocycles. The zero-order valence-electron chi connectivity index (χ0n) is 8.75. The second-order valence-electron chi connectivity index (χ2n) is 4.17. The first kappa shape index (κ1) is 10.9. The van der Waals surface area contributed by atoms with Crippen molar-refractivity contribution in [3.05, 3.63) is 34.9 Å². The van der Waals surface area contributed by atoms with Crippen LogP contribution in [0.25, 0.3) is 0 Å². The molecule has 0 amide bonds. The largest absolute Gasteiger partial charge is 0.330 e. The molecule has 3 N–H and O–H groups in total. The van der Waals surface area contributed by atoms with Gasteiger partial charge in [0.05, 0.1) is 0 Å². The first-order chi connectivity index (χ1) is 7.29. The van der Waals surface area contributed by atoms with Gasteiger partial charge < -0.3 is 11.1 Å². The molecule has 1 fully saturated rings. The normalized spacial score (nSPS) is 17.7. The lowest BCUT2D eigenvalue weighted by molar-refractivity contribution is 0.586. The van der Waals surface area contributed by atoms with Gasteiger partial charge in [0.15, 0.2) is 0 Å². The van der Waals surface area contributed by atoms with E-state index in [0.29, 0.717) is 12.5 Å². The van der Waals surface area contributed by atoms with Crippen LogP contribution in [-0.2, 0) is 0 Å². The minimum absolute atomic E-state index is 0.405. The van der Waals surface area contributed by atoms with Crippen molar-refractivity contribution in [3.63, 3.8) is 0 Å². The van der Waals surface area contributed by atoms with E-state index in [0.717, 1.165) is 17.6 Å². The molecule has 1 aliphatic carbocycles. The second kappa shape index (κ2) is 4.97. The van der Waals surface area contributed by atoms with Crippen LogP contribution in [0.15, 0.2) is 24.3 Å². The molecule has 1 aromatic rings. The van der Waals surface area contributed by atoms with E-state index >= 15 is 0 Å². The summed E-state index contributed by atoms with van der Waals surface area (Å²) >= 11 is 5.85. The number of nitrogens with two attached hydrogens (primary N) is 1. The first-order valence-electron chi connectivity index (χ1n) is 5.48. The Hall–Kier alpha value is -0.570. The Morgan fingerprint density at radius 2 is 2.00 bits per heavy atom. The summed E-state index contributed by atoms with van der Waals surface area (Å²) in [6.45, 7) is 1.66. The molecule has 0 radical (unpaired) electrons. The Balaban J connectivity index is 1.94. The van der Waals surface area contributed by atoms with E-state index in [1.165, 1.54) is 18.4 Å². The summed E-state index contributed by atoms with van der Waals surface area (Å²) in [5, 5.41) is 4.29. The predicted octanol–water partition coefficient (Wildman–Crippen LogP) is 2.13. The molecule has 3 heteroatoms. The van der Waals surface area contributed by atoms with Crippen molar-refractivity contribution < 1.29 is 0 Å². The second-order valence-corrected chi connectivity index (χ2v) is 4.60. The summed E-state index contributed by atoms with van der Waals surface area (Å²) in [5.74, 6) is 0.405. The lowest BCUT2D eigenvalue weighted by atomic mass is 9.99. The molecule has 0 heterocycles. The molecule has 1 atom stereocenters. The minimum atomic E-state index is 0.405. The molecule has 1 unspecified atom stereocenters. The molecule has 82 valence electrons. The van der Waals surface area contributed by atoms with Crippen molar-refractivity contribution in [1.29, 1.82) is 0 Å². The fourth-order valence-electron chi connectivity index (χ4n) is 1.67. The highest BCUT2D eigenvalue weighted by molar-refractivity contribution is 6.30. The predicted molar refractivity (Wildman–Crippen MR) is 64.3 cm³/mol. The minimum Gasteiger partial charge on any atom is -0.330 e. The van der Waals surface area contributed by atoms with Crippen LogP contribution in [0.3, 0.4) is 0 Å². The van der Waals surface area contributed by atoms with Crippen molar-refractivity contribution in [3.8, 4) is 0 Å². The third-order valence-electron chi connectivity index (χ3n) is 2.86. The Labute approximate surface area is 95.8 Å². The van der Waals surface area contributed by atoms with Crippen molar-refractivity contribution >= 4 is 11.6 Å². The third-order valence-corrected chi connectivity index (χ3v) is 3.11. The third kappa shape index (κ3) is 3.20. The van der Waals surface area contributed by atoms with Crippen molar-refractivity contribution in [2.75, 3.05) is 13.1 Å². The summed E-state index contributed by atoms with van der Waals surface area (Å²) in [4.78, 5) is 0. The van der Waals surface area contributed by atoms with Crippen LogP contribution in [-0.4, -0.2) is 19.1 Å². The van der Waals surface area contributed by atoms with E-state index in [1.807, 2.05) is 12.1 Å². The molecule has 0 aromatic heterocycles. The van der Waals surface area contributed by atoms with Gasteiger partial charge in [-0.05, 0) is 30.5 Å². The topological polar surface area (TPSA) is 38.0 Å². The molecule has 1 saturated carbocycles. The highest BCUT2D eigenvalue weighted by Crippen LogP contribution is 2.21. The van der Waals surface area contributed by atoms with Crippen LogP contribution in [0.1, 0.15) is 24.3 Å². The number of benzene rings is 1. The van der Waals surface area contributed by atoms with E-state index in [2.05, 4.69) is 17.4 Å². The molecule has 1 aliphatic rings. The molecule has 0 bridgehead atoms. The van der Waals surface area contributed by atoms with Gasteiger partial charge in [-0.2, -0.15) is 0 Å². The van der Waals surface area contributed by atoms with Crippen LogP contribution in [0.4, 0.5) is 0 Å². The van der Waals surface area contributed by atoms with E-state index in [-0.39, 0.29) is 0 Å². The summed E-state index contributed by atoms with van der Waals surface area (Å²) in [6.07, 6.45) is 2.63. The quantitative estimate of drug-likeness (QED) is 0.804. The van der Waals surface area contributed by atoms with Crippen molar-refractivity contribution in [2.45, 2.75) is 24.8 Å². The summed E-state index contributed by atoms with van der Waals surface area (Å²) < 4.78 is 0. The van der Waals surface area contributed by atoms with Gasteiger partial charge in [0.2, 0.25) is 0 Å². The Kier molecular flexibility index (Phi) is 3.62. The van der Waals surface area contributed by atoms with Gasteiger partial charge in [0.25, 0.3) is 0 Å². The number of halogens is 1. The van der Waals surface area contributed by atoms with Crippen LogP contribution in [0.2, 0.25) is 5.02 Å². The van der Waals surface area contributed by atoms with E-state index in [9.17, 15) is 0 Å². The fraction of sp³-hybridized carbons (Fsp3) is 0.500. The van der Waals surface area contributed by atoms with Gasteiger partial charge in [0.1, 0.15) is 0 Å². The van der Waals surface area contributed by atoms with Gasteiger partial charge in [0, 0.05) is 30.1 Å². The Bertz CT molecular complexity index is 306. The zero-order valence-corrected chi connectivity index (χ0v) is 9.50. The standard InChI is InChI=1S/C12H17ClN2/c13-11-3-1-9(2-4-11)10(7-14)8-15-12-5-6-12/h1-4,10,12,15H,5-8,14H2. The molecule has 2 rings (SSSR count). The smallest absolute Gasteiger partial charge is 0.0406 e. The van der Waals surface area contributed by atoms with Gasteiger partial charge in [-0.15, -0.1) is 0 Å². The number of nitrogens with one attached hydrogen (secondary N) is 1. The lowest BCUT2D eigenvalue weighted by Gasteiger charge is -2.15. The zero-order chi connectivity index (χ0) is 10.7. The van der Waals surface area contributed by atoms with E-state index in [4.69, 9.17) is 17.3 Å². The molecular formula is C12H17ClN2. The van der Waals surface area contributed by atoms with Crippen LogP contribution in [0, 0.1) is 0 Å². The maximum atomic E-state index is 5.85. The molecule has 0 aliphatic heterocycles. The molecule has 15 heavy (non-hydrogen) atoms. The number of hydrogen-bond donors (Lipinski definition) is 2. The Morgan fingerprint density at radius 1 is 1.33 bits per heavy atom. The maximum Gasteiger partial charge on any atom is 0.0406 e. The van der Waals surface area contributed by atoms with E-state index in [1.54, 1.807) is 0 Å². The van der Waals surface area contributed by atoms with Crippen LogP contribution < -0.4 is 11.1 Å². The summed E-state index contributed by atoms with van der Waals surface area (Å²) in [5.41, 5.74) is 7.05.